The van der Waals surface area contributed by atoms with Crippen molar-refractivity contribution in [3.05, 3.63) is 81.9 Å². The van der Waals surface area contributed by atoms with Gasteiger partial charge in [-0.1, -0.05) is 38.9 Å². The number of benzene rings is 2. The van der Waals surface area contributed by atoms with Crippen LogP contribution in [-0.2, 0) is 9.53 Å². The van der Waals surface area contributed by atoms with Crippen LogP contribution in [0.4, 0.5) is 0 Å². The van der Waals surface area contributed by atoms with E-state index in [2.05, 4.69) is 20.9 Å². The Labute approximate surface area is 223 Å². The molecule has 0 spiro atoms. The number of methoxy groups -OCH3 is 2. The van der Waals surface area contributed by atoms with Crippen LogP contribution in [0.15, 0.2) is 55.9 Å². The number of rotatable bonds is 6. The van der Waals surface area contributed by atoms with Gasteiger partial charge in [-0.05, 0) is 55.8 Å². The Kier molecular flexibility index (Phi) is 7.58. The lowest BCUT2D eigenvalue weighted by atomic mass is 9.95. The molecule has 0 saturated carbocycles. The van der Waals surface area contributed by atoms with E-state index in [1.807, 2.05) is 0 Å². The van der Waals surface area contributed by atoms with Gasteiger partial charge in [0.05, 0.1) is 42.7 Å². The van der Waals surface area contributed by atoms with E-state index in [0.29, 0.717) is 47.2 Å². The molecule has 1 unspecified atom stereocenters. The molecule has 1 aliphatic rings. The van der Waals surface area contributed by atoms with Crippen molar-refractivity contribution in [3.8, 4) is 17.2 Å². The van der Waals surface area contributed by atoms with Crippen LogP contribution < -0.4 is 24.4 Å². The minimum absolute atomic E-state index is 0.0205. The van der Waals surface area contributed by atoms with E-state index in [-0.39, 0.29) is 23.5 Å². The highest BCUT2D eigenvalue weighted by atomic mass is 79.9. The lowest BCUT2D eigenvalue weighted by Crippen LogP contribution is -2.40. The molecule has 1 N–H and O–H groups in total. The van der Waals surface area contributed by atoms with Gasteiger partial charge in [-0.2, -0.15) is 0 Å². The lowest BCUT2D eigenvalue weighted by Gasteiger charge is -2.26. The second-order valence-electron chi connectivity index (χ2n) is 7.73. The summed E-state index contributed by atoms with van der Waals surface area (Å²) in [7, 11) is 3.03. The van der Waals surface area contributed by atoms with E-state index in [9.17, 15) is 14.7 Å². The third-order valence-electron chi connectivity index (χ3n) is 5.59. The van der Waals surface area contributed by atoms with E-state index >= 15 is 0 Å². The molecule has 3 aromatic rings. The van der Waals surface area contributed by atoms with Crippen molar-refractivity contribution >= 4 is 50.9 Å². The minimum Gasteiger partial charge on any atom is -0.507 e. The summed E-state index contributed by atoms with van der Waals surface area (Å²) in [6, 6.07) is 7.14. The van der Waals surface area contributed by atoms with Crippen molar-refractivity contribution in [3.63, 3.8) is 0 Å². The van der Waals surface area contributed by atoms with Crippen molar-refractivity contribution in [1.82, 2.24) is 4.57 Å². The van der Waals surface area contributed by atoms with Crippen molar-refractivity contribution in [2.75, 3.05) is 20.8 Å². The van der Waals surface area contributed by atoms with Crippen LogP contribution in [0.2, 0.25) is 5.02 Å². The third kappa shape index (κ3) is 4.68. The highest BCUT2D eigenvalue weighted by molar-refractivity contribution is 9.10. The molecule has 2 aromatic carbocycles. The monoisotopic (exact) mass is 592 g/mol. The van der Waals surface area contributed by atoms with E-state index < -0.39 is 12.0 Å². The SMILES string of the molecule is CCOC(=O)C1=C(C)N=c2s/c(=C\c3cc(Cl)ccc3O)c(=O)n2C1c1cc(OC)c(OC)cc1Br. The molecule has 8 nitrogen and oxygen atoms in total. The number of phenols is 1. The molecule has 2 heterocycles. The van der Waals surface area contributed by atoms with Crippen LogP contribution in [0.25, 0.3) is 6.08 Å². The number of thiazole rings is 1. The van der Waals surface area contributed by atoms with Crippen LogP contribution in [0.1, 0.15) is 31.0 Å². The Balaban J connectivity index is 2.03. The van der Waals surface area contributed by atoms with Gasteiger partial charge in [0.25, 0.3) is 5.56 Å². The maximum Gasteiger partial charge on any atom is 0.338 e. The number of hydrogen-bond acceptors (Lipinski definition) is 8. The van der Waals surface area contributed by atoms with Gasteiger partial charge >= 0.3 is 5.97 Å². The molecule has 0 fully saturated rings. The van der Waals surface area contributed by atoms with Crippen LogP contribution >= 0.6 is 38.9 Å². The zero-order valence-corrected chi connectivity index (χ0v) is 23.0. The summed E-state index contributed by atoms with van der Waals surface area (Å²) in [5, 5.41) is 10.7. The number of allylic oxidation sites excluding steroid dienone is 1. The Morgan fingerprint density at radius 1 is 1.25 bits per heavy atom. The first-order valence-corrected chi connectivity index (χ1v) is 12.8. The zero-order chi connectivity index (χ0) is 26.1. The topological polar surface area (TPSA) is 99.4 Å². The van der Waals surface area contributed by atoms with Crippen molar-refractivity contribution in [2.45, 2.75) is 19.9 Å². The summed E-state index contributed by atoms with van der Waals surface area (Å²) in [5.74, 6) is 0.315. The number of carbonyl (C=O) groups excluding carboxylic acids is 1. The molecule has 1 aliphatic heterocycles. The maximum absolute atomic E-state index is 13.7. The minimum atomic E-state index is -0.857. The highest BCUT2D eigenvalue weighted by Crippen LogP contribution is 2.40. The second kappa shape index (κ2) is 10.5. The second-order valence-corrected chi connectivity index (χ2v) is 10.0. The van der Waals surface area contributed by atoms with E-state index in [4.69, 9.17) is 25.8 Å². The average molecular weight is 594 g/mol. The van der Waals surface area contributed by atoms with E-state index in [1.165, 1.54) is 24.9 Å². The first-order chi connectivity index (χ1) is 17.2. The fourth-order valence-corrected chi connectivity index (χ4v) is 5.70. The van der Waals surface area contributed by atoms with Crippen LogP contribution in [0, 0.1) is 0 Å². The summed E-state index contributed by atoms with van der Waals surface area (Å²) in [6.45, 7) is 3.57. The van der Waals surface area contributed by atoms with Crippen molar-refractivity contribution in [2.24, 2.45) is 4.99 Å². The van der Waals surface area contributed by atoms with Gasteiger partial charge < -0.3 is 19.3 Å². The number of halogens is 2. The van der Waals surface area contributed by atoms with Gasteiger partial charge in [0, 0.05) is 15.1 Å². The number of nitrogens with zero attached hydrogens (tertiary/aromatic N) is 2. The number of esters is 1. The smallest absolute Gasteiger partial charge is 0.338 e. The van der Waals surface area contributed by atoms with Crippen LogP contribution in [0.3, 0.4) is 0 Å². The van der Waals surface area contributed by atoms with Crippen LogP contribution in [-0.4, -0.2) is 36.5 Å². The number of fused-ring (bicyclic) bond motifs is 1. The van der Waals surface area contributed by atoms with Crippen molar-refractivity contribution < 1.29 is 24.1 Å². The molecule has 36 heavy (non-hydrogen) atoms. The van der Waals surface area contributed by atoms with Gasteiger partial charge in [0.1, 0.15) is 5.75 Å². The molecular formula is C25H22BrClN2O6S. The molecule has 4 rings (SSSR count). The Morgan fingerprint density at radius 3 is 2.61 bits per heavy atom. The Bertz CT molecular complexity index is 1580. The number of ether oxygens (including phenoxy) is 3. The number of aromatic nitrogens is 1. The summed E-state index contributed by atoms with van der Waals surface area (Å²) < 4.78 is 18.6. The molecule has 1 atom stereocenters. The quantitative estimate of drug-likeness (QED) is 0.435. The highest BCUT2D eigenvalue weighted by Gasteiger charge is 2.35. The predicted molar refractivity (Wildman–Crippen MR) is 141 cm³/mol. The molecule has 0 radical (unpaired) electrons. The Hall–Kier alpha value is -3.08. The fraction of sp³-hybridized carbons (Fsp3) is 0.240. The summed E-state index contributed by atoms with van der Waals surface area (Å²) in [4.78, 5) is 31.8. The van der Waals surface area contributed by atoms with Gasteiger partial charge in [-0.25, -0.2) is 9.79 Å². The van der Waals surface area contributed by atoms with E-state index in [0.717, 1.165) is 11.3 Å². The molecule has 0 aliphatic carbocycles. The molecule has 1 aromatic heterocycles. The zero-order valence-electron chi connectivity index (χ0n) is 19.8. The summed E-state index contributed by atoms with van der Waals surface area (Å²) in [5.41, 5.74) is 1.24. The predicted octanol–water partition coefficient (Wildman–Crippen LogP) is 3.94. The first-order valence-electron chi connectivity index (χ1n) is 10.8. The van der Waals surface area contributed by atoms with E-state index in [1.54, 1.807) is 44.2 Å². The van der Waals surface area contributed by atoms with Gasteiger partial charge in [-0.3, -0.25) is 9.36 Å². The van der Waals surface area contributed by atoms with Crippen LogP contribution in [0.5, 0.6) is 17.2 Å². The Morgan fingerprint density at radius 2 is 1.94 bits per heavy atom. The summed E-state index contributed by atoms with van der Waals surface area (Å²) in [6.07, 6.45) is 1.55. The largest absolute Gasteiger partial charge is 0.507 e. The standard InChI is InChI=1S/C25H22BrClN2O6S/c1-5-35-24(32)21-12(2)28-25-29(22(21)15-10-18(33-3)19(34-4)11-16(15)26)23(31)20(36-25)9-13-8-14(27)6-7-17(13)30/h6-11,22,30H,5H2,1-4H3/b20-9-. The maximum atomic E-state index is 13.7. The van der Waals surface area contributed by atoms with Gasteiger partial charge in [0.15, 0.2) is 16.3 Å². The summed E-state index contributed by atoms with van der Waals surface area (Å²) >= 11 is 10.8. The number of aromatic hydroxyl groups is 1. The normalized spacial score (nSPS) is 15.4. The molecule has 0 bridgehead atoms. The molecule has 0 saturated heterocycles. The molecule has 0 amide bonds. The van der Waals surface area contributed by atoms with Gasteiger partial charge in [0.2, 0.25) is 0 Å². The number of carbonyl (C=O) groups is 1. The number of hydrogen-bond donors (Lipinski definition) is 1. The molecule has 11 heteroatoms. The molecular weight excluding hydrogens is 572 g/mol. The molecule has 188 valence electrons. The third-order valence-corrected chi connectivity index (χ3v) is 7.50. The van der Waals surface area contributed by atoms with Gasteiger partial charge in [-0.15, -0.1) is 0 Å². The number of phenolic OH excluding ortho intramolecular Hbond substituents is 1. The first kappa shape index (κ1) is 26.0. The average Bonchev–Trinajstić information content (AvgIpc) is 3.14. The fourth-order valence-electron chi connectivity index (χ4n) is 3.95. The van der Waals surface area contributed by atoms with Crippen molar-refractivity contribution in [1.29, 1.82) is 0 Å². The lowest BCUT2D eigenvalue weighted by molar-refractivity contribution is -0.139.